The van der Waals surface area contributed by atoms with Crippen molar-refractivity contribution in [3.63, 3.8) is 0 Å². The number of phenolic OH excluding ortho intramolecular Hbond substituents is 2. The van der Waals surface area contributed by atoms with E-state index in [4.69, 9.17) is 15.5 Å². The molecule has 1 amide bonds. The molecule has 11 heteroatoms. The molecule has 2 rings (SSSR count). The highest BCUT2D eigenvalue weighted by molar-refractivity contribution is 5.85. The molecule has 1 heterocycles. The van der Waals surface area contributed by atoms with Crippen molar-refractivity contribution in [2.75, 3.05) is 5.23 Å². The zero-order chi connectivity index (χ0) is 16.1. The lowest BCUT2D eigenvalue weighted by molar-refractivity contribution is -0.121. The van der Waals surface area contributed by atoms with E-state index in [1.165, 1.54) is 18.3 Å². The van der Waals surface area contributed by atoms with Gasteiger partial charge < -0.3 is 10.2 Å². The number of carbonyl (C=O) groups excluding carboxylic acids is 1. The number of anilines is 1. The maximum atomic E-state index is 11.6. The predicted molar refractivity (Wildman–Crippen MR) is 71.6 cm³/mol. The summed E-state index contributed by atoms with van der Waals surface area (Å²) in [6.07, 6.45) is 2.33. The molecule has 0 radical (unpaired) electrons. The van der Waals surface area contributed by atoms with Gasteiger partial charge in [0.2, 0.25) is 0 Å². The second-order valence-corrected chi connectivity index (χ2v) is 4.07. The van der Waals surface area contributed by atoms with E-state index in [1.807, 2.05) is 0 Å². The summed E-state index contributed by atoms with van der Waals surface area (Å²) in [5.74, 6) is -1.22. The minimum Gasteiger partial charge on any atom is -0.508 e. The Morgan fingerprint density at radius 2 is 2.18 bits per heavy atom. The summed E-state index contributed by atoms with van der Waals surface area (Å²) in [5, 5.41) is 42.9. The maximum absolute atomic E-state index is 11.6. The SMILES string of the molecule is O=C(Cn1cnc(N(O)O)n1)N/N=C/c1ccc(O)cc1O. The molecule has 0 saturated carbocycles. The van der Waals surface area contributed by atoms with E-state index in [-0.39, 0.29) is 29.2 Å². The second-order valence-electron chi connectivity index (χ2n) is 4.07. The number of aromatic hydroxyl groups is 2. The number of phenols is 2. The van der Waals surface area contributed by atoms with Gasteiger partial charge in [0.15, 0.2) is 0 Å². The summed E-state index contributed by atoms with van der Waals surface area (Å²) in [6.45, 7) is -0.250. The number of hydrogen-bond donors (Lipinski definition) is 5. The highest BCUT2D eigenvalue weighted by atomic mass is 16.8. The quantitative estimate of drug-likeness (QED) is 0.363. The summed E-state index contributed by atoms with van der Waals surface area (Å²) in [4.78, 5) is 15.1. The monoisotopic (exact) mass is 308 g/mol. The van der Waals surface area contributed by atoms with Gasteiger partial charge in [-0.15, -0.1) is 5.10 Å². The standard InChI is InChI=1S/C11H12N6O5/c18-8-2-1-7(9(19)3-8)4-13-14-10(20)5-16-6-12-11(15-16)17(21)22/h1-4,6,18-19,21-22H,5H2,(H,14,20)/b13-4+. The zero-order valence-corrected chi connectivity index (χ0v) is 11.0. The summed E-state index contributed by atoms with van der Waals surface area (Å²) in [5.41, 5.74) is 2.49. The number of hydrogen-bond acceptors (Lipinski definition) is 9. The molecule has 116 valence electrons. The van der Waals surface area contributed by atoms with E-state index in [1.54, 1.807) is 0 Å². The summed E-state index contributed by atoms with van der Waals surface area (Å²) in [6, 6.07) is 3.91. The maximum Gasteiger partial charge on any atom is 0.295 e. The number of nitrogens with zero attached hydrogens (tertiary/aromatic N) is 5. The molecule has 0 bridgehead atoms. The van der Waals surface area contributed by atoms with Crippen molar-refractivity contribution < 1.29 is 25.4 Å². The number of hydrazone groups is 1. The fourth-order valence-corrected chi connectivity index (χ4v) is 1.45. The van der Waals surface area contributed by atoms with Crippen molar-refractivity contribution in [3.05, 3.63) is 30.1 Å². The van der Waals surface area contributed by atoms with Gasteiger partial charge >= 0.3 is 0 Å². The molecule has 1 aromatic carbocycles. The highest BCUT2D eigenvalue weighted by Gasteiger charge is 2.08. The van der Waals surface area contributed by atoms with Crippen LogP contribution in [0, 0.1) is 0 Å². The minimum absolute atomic E-state index is 0.0949. The van der Waals surface area contributed by atoms with Crippen LogP contribution in [0.15, 0.2) is 29.6 Å². The Kier molecular flexibility index (Phi) is 4.50. The Labute approximate surface area is 123 Å². The topological polar surface area (TPSA) is 156 Å². The van der Waals surface area contributed by atoms with Crippen molar-refractivity contribution in [2.45, 2.75) is 6.54 Å². The van der Waals surface area contributed by atoms with Crippen LogP contribution in [0.25, 0.3) is 0 Å². The lowest BCUT2D eigenvalue weighted by atomic mass is 10.2. The van der Waals surface area contributed by atoms with Crippen molar-refractivity contribution in [1.29, 1.82) is 0 Å². The molecule has 2 aromatic rings. The number of nitrogens with one attached hydrogen (secondary N) is 1. The molecule has 0 saturated heterocycles. The van der Waals surface area contributed by atoms with Gasteiger partial charge in [-0.1, -0.05) is 5.23 Å². The fourth-order valence-electron chi connectivity index (χ4n) is 1.45. The largest absolute Gasteiger partial charge is 0.508 e. The Morgan fingerprint density at radius 3 is 2.82 bits per heavy atom. The molecule has 0 fully saturated rings. The first-order chi connectivity index (χ1) is 10.5. The van der Waals surface area contributed by atoms with Gasteiger partial charge in [-0.05, 0) is 12.1 Å². The van der Waals surface area contributed by atoms with Crippen LogP contribution in [0.1, 0.15) is 5.56 Å². The van der Waals surface area contributed by atoms with Gasteiger partial charge in [-0.2, -0.15) is 10.1 Å². The van der Waals surface area contributed by atoms with E-state index in [9.17, 15) is 9.90 Å². The van der Waals surface area contributed by atoms with E-state index in [0.717, 1.165) is 17.1 Å². The minimum atomic E-state index is -0.548. The van der Waals surface area contributed by atoms with Gasteiger partial charge in [-0.3, -0.25) is 15.2 Å². The van der Waals surface area contributed by atoms with Crippen LogP contribution in [-0.4, -0.2) is 47.5 Å². The average molecular weight is 308 g/mol. The van der Waals surface area contributed by atoms with Crippen LogP contribution in [0.5, 0.6) is 11.5 Å². The van der Waals surface area contributed by atoms with Gasteiger partial charge in [0.05, 0.1) is 6.21 Å². The van der Waals surface area contributed by atoms with Crippen LogP contribution in [0.3, 0.4) is 0 Å². The Hall–Kier alpha value is -3.18. The van der Waals surface area contributed by atoms with E-state index < -0.39 is 5.91 Å². The van der Waals surface area contributed by atoms with Gasteiger partial charge in [0, 0.05) is 11.6 Å². The molecule has 0 unspecified atom stereocenters. The number of carbonyl (C=O) groups is 1. The third kappa shape index (κ3) is 3.91. The molecule has 5 N–H and O–H groups in total. The summed E-state index contributed by atoms with van der Waals surface area (Å²) < 4.78 is 1.07. The van der Waals surface area contributed by atoms with E-state index in [0.29, 0.717) is 5.56 Å². The van der Waals surface area contributed by atoms with Crippen LogP contribution < -0.4 is 10.7 Å². The van der Waals surface area contributed by atoms with Crippen LogP contribution >= 0.6 is 0 Å². The molecule has 0 spiro atoms. The van der Waals surface area contributed by atoms with Crippen LogP contribution in [0.4, 0.5) is 5.95 Å². The van der Waals surface area contributed by atoms with Crippen LogP contribution in [-0.2, 0) is 11.3 Å². The molecule has 1 aromatic heterocycles. The Bertz CT molecular complexity index is 698. The summed E-state index contributed by atoms with van der Waals surface area (Å²) >= 11 is 0. The summed E-state index contributed by atoms with van der Waals surface area (Å²) in [7, 11) is 0. The average Bonchev–Trinajstić information content (AvgIpc) is 2.90. The number of amides is 1. The predicted octanol–water partition coefficient (Wildman–Crippen LogP) is -0.576. The third-order valence-corrected chi connectivity index (χ3v) is 2.42. The molecule has 0 aliphatic rings. The van der Waals surface area contributed by atoms with Crippen molar-refractivity contribution in [3.8, 4) is 11.5 Å². The molecule has 0 aliphatic heterocycles. The Morgan fingerprint density at radius 1 is 1.41 bits per heavy atom. The second kappa shape index (κ2) is 6.51. The number of benzene rings is 1. The van der Waals surface area contributed by atoms with E-state index >= 15 is 0 Å². The highest BCUT2D eigenvalue weighted by Crippen LogP contribution is 2.20. The first-order valence-electron chi connectivity index (χ1n) is 5.87. The van der Waals surface area contributed by atoms with Gasteiger partial charge in [0.1, 0.15) is 24.4 Å². The molecular formula is C11H12N6O5. The lowest BCUT2D eigenvalue weighted by Gasteiger charge is -2.01. The van der Waals surface area contributed by atoms with Crippen molar-refractivity contribution in [2.24, 2.45) is 5.10 Å². The first kappa shape index (κ1) is 15.2. The Balaban J connectivity index is 1.90. The first-order valence-corrected chi connectivity index (χ1v) is 5.87. The molecule has 0 atom stereocenters. The lowest BCUT2D eigenvalue weighted by Crippen LogP contribution is -2.23. The zero-order valence-electron chi connectivity index (χ0n) is 11.0. The smallest absolute Gasteiger partial charge is 0.295 e. The third-order valence-electron chi connectivity index (χ3n) is 2.42. The fraction of sp³-hybridized carbons (Fsp3) is 0.0909. The molecular weight excluding hydrogens is 296 g/mol. The number of aromatic nitrogens is 3. The normalized spacial score (nSPS) is 10.8. The van der Waals surface area contributed by atoms with Crippen molar-refractivity contribution in [1.82, 2.24) is 20.2 Å². The molecule has 11 nitrogen and oxygen atoms in total. The van der Waals surface area contributed by atoms with Gasteiger partial charge in [0.25, 0.3) is 11.9 Å². The van der Waals surface area contributed by atoms with E-state index in [2.05, 4.69) is 20.6 Å². The molecule has 0 aliphatic carbocycles. The van der Waals surface area contributed by atoms with Gasteiger partial charge in [-0.25, -0.2) is 10.1 Å². The number of rotatable bonds is 5. The molecule has 22 heavy (non-hydrogen) atoms. The van der Waals surface area contributed by atoms with Crippen LogP contribution in [0.2, 0.25) is 0 Å². The van der Waals surface area contributed by atoms with Crippen molar-refractivity contribution >= 4 is 18.1 Å².